The van der Waals surface area contributed by atoms with Gasteiger partial charge in [0.25, 0.3) is 0 Å². The fourth-order valence-electron chi connectivity index (χ4n) is 0.0227. The first-order chi connectivity index (χ1) is 2.91. The molecule has 0 atom stereocenters. The molecule has 0 fully saturated rings. The Morgan fingerprint density at radius 1 is 0.857 bits per heavy atom. The van der Waals surface area contributed by atoms with E-state index in [9.17, 15) is 0 Å². The molecule has 0 radical (unpaired) electrons. The van der Waals surface area contributed by atoms with Gasteiger partial charge in [-0.25, -0.2) is 0 Å². The van der Waals surface area contributed by atoms with Gasteiger partial charge in [-0.05, 0) is 10.1 Å². The fraction of sp³-hybridized carbons (Fsp3) is 0. The van der Waals surface area contributed by atoms with E-state index in [-0.39, 0.29) is 19.5 Å². The molecule has 0 unspecified atom stereocenters. The van der Waals surface area contributed by atoms with Crippen LogP contribution in [0.25, 0.3) is 0 Å². The van der Waals surface area contributed by atoms with Crippen molar-refractivity contribution in [3.05, 3.63) is 0 Å². The van der Waals surface area contributed by atoms with Gasteiger partial charge < -0.3 is 10.5 Å². The molecular formula is O6Zn. The largest absolute Gasteiger partial charge is 2.00 e. The summed E-state index contributed by atoms with van der Waals surface area (Å²) in [5, 5.41) is 28.0. The van der Waals surface area contributed by atoms with Crippen molar-refractivity contribution in [2.45, 2.75) is 0 Å². The second-order valence-electron chi connectivity index (χ2n) is 0.272. The third-order valence-electron chi connectivity index (χ3n) is 0.0833. The Bertz CT molecular complexity index is 16.1. The van der Waals surface area contributed by atoms with Gasteiger partial charge in [0.1, 0.15) is 0 Å². The van der Waals surface area contributed by atoms with Gasteiger partial charge in [-0.3, -0.25) is 10.1 Å². The molecule has 0 aliphatic heterocycles. The quantitative estimate of drug-likeness (QED) is 0.195. The standard InChI is InChI=1S/H2O6.Zn/c1-3-5-6-4-2;/h1-2H;/q;+2/p-2. The fourth-order valence-corrected chi connectivity index (χ4v) is 0.0227. The monoisotopic (exact) mass is 160 g/mol. The van der Waals surface area contributed by atoms with Gasteiger partial charge >= 0.3 is 19.5 Å². The topological polar surface area (TPSA) is 83.0 Å². The van der Waals surface area contributed by atoms with E-state index in [1.807, 2.05) is 0 Å². The molecule has 0 bridgehead atoms. The Morgan fingerprint density at radius 2 is 1.14 bits per heavy atom. The summed E-state index contributed by atoms with van der Waals surface area (Å²) >= 11 is 0. The average Bonchev–Trinajstić information content (AvgIpc) is 1.61. The van der Waals surface area contributed by atoms with E-state index in [0.29, 0.717) is 0 Å². The van der Waals surface area contributed by atoms with Crippen LogP contribution in [0.1, 0.15) is 0 Å². The summed E-state index contributed by atoms with van der Waals surface area (Å²) in [5.41, 5.74) is 0. The Morgan fingerprint density at radius 3 is 1.29 bits per heavy atom. The van der Waals surface area contributed by atoms with E-state index in [1.54, 1.807) is 0 Å². The summed E-state index contributed by atoms with van der Waals surface area (Å²) in [5.74, 6) is 0. The maximum Gasteiger partial charge on any atom is 2.00 e. The van der Waals surface area contributed by atoms with Crippen molar-refractivity contribution >= 4 is 0 Å². The van der Waals surface area contributed by atoms with Crippen molar-refractivity contribution in [3.63, 3.8) is 0 Å². The van der Waals surface area contributed by atoms with Crippen LogP contribution in [0, 0.1) is 0 Å². The maximum atomic E-state index is 8.62. The molecule has 0 spiro atoms. The van der Waals surface area contributed by atoms with Crippen LogP contribution in [0.2, 0.25) is 0 Å². The van der Waals surface area contributed by atoms with Crippen LogP contribution in [0.5, 0.6) is 0 Å². The van der Waals surface area contributed by atoms with Crippen molar-refractivity contribution in [3.8, 4) is 0 Å². The van der Waals surface area contributed by atoms with Crippen LogP contribution in [0.4, 0.5) is 0 Å². The van der Waals surface area contributed by atoms with Crippen molar-refractivity contribution in [2.75, 3.05) is 0 Å². The molecule has 38 valence electrons. The number of hydrogen-bond donors (Lipinski definition) is 0. The van der Waals surface area contributed by atoms with Crippen molar-refractivity contribution in [1.82, 2.24) is 0 Å². The van der Waals surface area contributed by atoms with Gasteiger partial charge in [0.15, 0.2) is 0 Å². The summed E-state index contributed by atoms with van der Waals surface area (Å²) in [6.07, 6.45) is 0. The molecule has 0 amide bonds. The van der Waals surface area contributed by atoms with E-state index in [4.69, 9.17) is 10.5 Å². The van der Waals surface area contributed by atoms with Crippen molar-refractivity contribution < 1.29 is 50.1 Å². The molecule has 0 saturated heterocycles. The second kappa shape index (κ2) is 9.63. The van der Waals surface area contributed by atoms with Gasteiger partial charge in [-0.2, -0.15) is 0 Å². The summed E-state index contributed by atoms with van der Waals surface area (Å²) < 4.78 is 0. The third-order valence-corrected chi connectivity index (χ3v) is 0.0833. The van der Waals surface area contributed by atoms with Gasteiger partial charge in [0.05, 0.1) is 0 Å². The van der Waals surface area contributed by atoms with Crippen LogP contribution in [0.3, 0.4) is 0 Å². The predicted molar refractivity (Wildman–Crippen MR) is 4.34 cm³/mol. The number of hydrogen-bond acceptors (Lipinski definition) is 6. The minimum atomic E-state index is 0. The minimum Gasteiger partial charge on any atom is -0.689 e. The van der Waals surface area contributed by atoms with E-state index < -0.39 is 0 Å². The second-order valence-corrected chi connectivity index (χ2v) is 0.272. The van der Waals surface area contributed by atoms with Crippen LogP contribution in [-0.2, 0) is 39.6 Å². The summed E-state index contributed by atoms with van der Waals surface area (Å²) in [6.45, 7) is 0. The Hall–Kier alpha value is 0.383. The minimum absolute atomic E-state index is 0. The third kappa shape index (κ3) is 10.7. The zero-order valence-electron chi connectivity index (χ0n) is 3.16. The molecule has 0 aliphatic rings. The maximum absolute atomic E-state index is 8.62. The first-order valence-electron chi connectivity index (χ1n) is 0.833. The normalized spacial score (nSPS) is 7.71. The number of rotatable bonds is 3. The van der Waals surface area contributed by atoms with Gasteiger partial charge in [-0.1, -0.05) is 0 Å². The summed E-state index contributed by atoms with van der Waals surface area (Å²) in [7, 11) is 0. The zero-order chi connectivity index (χ0) is 4.83. The van der Waals surface area contributed by atoms with Crippen LogP contribution < -0.4 is 10.5 Å². The molecule has 0 heterocycles. The zero-order valence-corrected chi connectivity index (χ0v) is 6.12. The van der Waals surface area contributed by atoms with Crippen LogP contribution >= 0.6 is 0 Å². The average molecular weight is 161 g/mol. The Labute approximate surface area is 50.9 Å². The molecule has 7 heavy (non-hydrogen) atoms. The molecule has 0 saturated carbocycles. The SMILES string of the molecule is [O-]OOOO[O-].[Zn+2]. The van der Waals surface area contributed by atoms with Gasteiger partial charge in [0, 0.05) is 0 Å². The summed E-state index contributed by atoms with van der Waals surface area (Å²) in [6, 6.07) is 0. The molecule has 7 heteroatoms. The van der Waals surface area contributed by atoms with E-state index >= 15 is 0 Å². The first kappa shape index (κ1) is 10.4. The molecular weight excluding hydrogens is 161 g/mol. The molecule has 0 aromatic carbocycles. The van der Waals surface area contributed by atoms with Gasteiger partial charge in [0.2, 0.25) is 0 Å². The van der Waals surface area contributed by atoms with E-state index in [2.05, 4.69) is 20.2 Å². The molecule has 0 aliphatic carbocycles. The van der Waals surface area contributed by atoms with Crippen molar-refractivity contribution in [1.29, 1.82) is 0 Å². The van der Waals surface area contributed by atoms with Crippen LogP contribution in [0.15, 0.2) is 0 Å². The summed E-state index contributed by atoms with van der Waals surface area (Å²) in [4.78, 5) is 0. The molecule has 6 nitrogen and oxygen atoms in total. The van der Waals surface area contributed by atoms with Crippen molar-refractivity contribution in [2.24, 2.45) is 0 Å². The Kier molecular flexibility index (Phi) is 14.3. The smallest absolute Gasteiger partial charge is 0.689 e. The molecule has 0 N–H and O–H groups in total. The van der Waals surface area contributed by atoms with Gasteiger partial charge in [-0.15, -0.1) is 0 Å². The van der Waals surface area contributed by atoms with E-state index in [1.165, 1.54) is 0 Å². The molecule has 0 aromatic rings. The molecule has 0 aromatic heterocycles. The predicted octanol–water partition coefficient (Wildman–Crippen LogP) is -2.65. The molecule has 0 rings (SSSR count). The Balaban J connectivity index is 0. The first-order valence-corrected chi connectivity index (χ1v) is 0.833. The van der Waals surface area contributed by atoms with Crippen LogP contribution in [-0.4, -0.2) is 0 Å². The van der Waals surface area contributed by atoms with E-state index in [0.717, 1.165) is 0 Å².